The highest BCUT2D eigenvalue weighted by Gasteiger charge is 2.18. The standard InChI is InChI=1S/C28H57N/c1-3-5-7-9-11-13-15-17-21-25-29(27-28-23-19-20-24-28)26-22-18-16-14-12-10-8-6-4-2/h28H,3-27H2,1-2H3. The van der Waals surface area contributed by atoms with Crippen LogP contribution in [0.15, 0.2) is 0 Å². The van der Waals surface area contributed by atoms with Crippen molar-refractivity contribution in [2.75, 3.05) is 19.6 Å². The summed E-state index contributed by atoms with van der Waals surface area (Å²) in [6.45, 7) is 8.79. The third kappa shape index (κ3) is 17.3. The molecule has 0 atom stereocenters. The molecule has 1 aliphatic carbocycles. The van der Waals surface area contributed by atoms with Gasteiger partial charge in [-0.3, -0.25) is 0 Å². The molecule has 0 radical (unpaired) electrons. The topological polar surface area (TPSA) is 3.24 Å². The van der Waals surface area contributed by atoms with E-state index >= 15 is 0 Å². The molecule has 0 unspecified atom stereocenters. The van der Waals surface area contributed by atoms with Crippen LogP contribution in [0.3, 0.4) is 0 Å². The maximum atomic E-state index is 2.86. The van der Waals surface area contributed by atoms with Gasteiger partial charge in [0.15, 0.2) is 0 Å². The molecule has 1 fully saturated rings. The average Bonchev–Trinajstić information content (AvgIpc) is 3.24. The molecule has 1 aliphatic rings. The predicted molar refractivity (Wildman–Crippen MR) is 133 cm³/mol. The molecular formula is C28H57N. The Bertz CT molecular complexity index is 285. The number of unbranched alkanes of at least 4 members (excludes halogenated alkanes) is 16. The number of hydrogen-bond donors (Lipinski definition) is 0. The first-order chi connectivity index (χ1) is 14.4. The normalized spacial score (nSPS) is 15.0. The van der Waals surface area contributed by atoms with Gasteiger partial charge in [-0.25, -0.2) is 0 Å². The van der Waals surface area contributed by atoms with Crippen molar-refractivity contribution >= 4 is 0 Å². The monoisotopic (exact) mass is 407 g/mol. The number of nitrogens with zero attached hydrogens (tertiary/aromatic N) is 1. The minimum Gasteiger partial charge on any atom is -0.303 e. The minimum atomic E-state index is 1.02. The summed E-state index contributed by atoms with van der Waals surface area (Å²) < 4.78 is 0. The first kappa shape index (κ1) is 27.0. The van der Waals surface area contributed by atoms with Crippen LogP contribution in [0.5, 0.6) is 0 Å². The van der Waals surface area contributed by atoms with Crippen molar-refractivity contribution in [2.45, 2.75) is 155 Å². The van der Waals surface area contributed by atoms with Gasteiger partial charge in [-0.05, 0) is 44.7 Å². The van der Waals surface area contributed by atoms with Crippen LogP contribution in [-0.2, 0) is 0 Å². The van der Waals surface area contributed by atoms with E-state index in [0.29, 0.717) is 0 Å². The van der Waals surface area contributed by atoms with E-state index in [4.69, 9.17) is 0 Å². The van der Waals surface area contributed by atoms with Crippen molar-refractivity contribution in [3.05, 3.63) is 0 Å². The van der Waals surface area contributed by atoms with E-state index in [1.165, 1.54) is 161 Å². The van der Waals surface area contributed by atoms with E-state index in [1.807, 2.05) is 0 Å². The minimum absolute atomic E-state index is 1.02. The summed E-state index contributed by atoms with van der Waals surface area (Å²) in [5.41, 5.74) is 0. The van der Waals surface area contributed by atoms with Gasteiger partial charge in [-0.2, -0.15) is 0 Å². The first-order valence-corrected chi connectivity index (χ1v) is 14.1. The van der Waals surface area contributed by atoms with Crippen LogP contribution >= 0.6 is 0 Å². The second-order valence-corrected chi connectivity index (χ2v) is 10.1. The van der Waals surface area contributed by atoms with Gasteiger partial charge in [0.25, 0.3) is 0 Å². The number of hydrogen-bond acceptors (Lipinski definition) is 1. The van der Waals surface area contributed by atoms with Gasteiger partial charge in [0.1, 0.15) is 0 Å². The Labute approximate surface area is 185 Å². The van der Waals surface area contributed by atoms with E-state index in [9.17, 15) is 0 Å². The molecule has 1 saturated carbocycles. The molecule has 0 spiro atoms. The van der Waals surface area contributed by atoms with Gasteiger partial charge >= 0.3 is 0 Å². The third-order valence-corrected chi connectivity index (χ3v) is 7.15. The highest BCUT2D eigenvalue weighted by molar-refractivity contribution is 4.72. The summed E-state index contributed by atoms with van der Waals surface area (Å²) in [6, 6.07) is 0. The Balaban J connectivity index is 2.04. The molecule has 0 bridgehead atoms. The highest BCUT2D eigenvalue weighted by atomic mass is 15.1. The molecule has 174 valence electrons. The fraction of sp³-hybridized carbons (Fsp3) is 1.00. The molecule has 0 N–H and O–H groups in total. The molecule has 0 aromatic heterocycles. The van der Waals surface area contributed by atoms with E-state index in [1.54, 1.807) is 0 Å². The van der Waals surface area contributed by atoms with E-state index in [-0.39, 0.29) is 0 Å². The smallest absolute Gasteiger partial charge is 0.000965 e. The molecule has 0 saturated heterocycles. The Kier molecular flexibility index (Phi) is 19.7. The van der Waals surface area contributed by atoms with Crippen LogP contribution in [-0.4, -0.2) is 24.5 Å². The molecular weight excluding hydrogens is 350 g/mol. The molecule has 0 aromatic rings. The fourth-order valence-corrected chi connectivity index (χ4v) is 5.14. The van der Waals surface area contributed by atoms with Crippen LogP contribution < -0.4 is 0 Å². The highest BCUT2D eigenvalue weighted by Crippen LogP contribution is 2.26. The maximum absolute atomic E-state index is 2.86. The molecule has 29 heavy (non-hydrogen) atoms. The van der Waals surface area contributed by atoms with E-state index < -0.39 is 0 Å². The number of rotatable bonds is 22. The predicted octanol–water partition coefficient (Wildman–Crippen LogP) is 9.54. The van der Waals surface area contributed by atoms with Crippen LogP contribution in [0.2, 0.25) is 0 Å². The molecule has 0 heterocycles. The van der Waals surface area contributed by atoms with Crippen LogP contribution in [0.4, 0.5) is 0 Å². The van der Waals surface area contributed by atoms with Crippen molar-refractivity contribution < 1.29 is 0 Å². The Morgan fingerprint density at radius 2 is 0.828 bits per heavy atom. The summed E-state index contributed by atoms with van der Waals surface area (Å²) >= 11 is 0. The fourth-order valence-electron chi connectivity index (χ4n) is 5.14. The first-order valence-electron chi connectivity index (χ1n) is 14.1. The van der Waals surface area contributed by atoms with Crippen LogP contribution in [0.25, 0.3) is 0 Å². The van der Waals surface area contributed by atoms with Gasteiger partial charge in [0, 0.05) is 6.54 Å². The lowest BCUT2D eigenvalue weighted by atomic mass is 10.0. The Hall–Kier alpha value is -0.0400. The molecule has 1 nitrogen and oxygen atoms in total. The van der Waals surface area contributed by atoms with Crippen molar-refractivity contribution in [1.29, 1.82) is 0 Å². The molecule has 0 amide bonds. The summed E-state index contributed by atoms with van der Waals surface area (Å²) in [5, 5.41) is 0. The molecule has 1 heteroatoms. The quantitative estimate of drug-likeness (QED) is 0.161. The van der Waals surface area contributed by atoms with Crippen molar-refractivity contribution in [1.82, 2.24) is 4.90 Å². The van der Waals surface area contributed by atoms with Gasteiger partial charge in [0.2, 0.25) is 0 Å². The van der Waals surface area contributed by atoms with Crippen LogP contribution in [0.1, 0.15) is 155 Å². The van der Waals surface area contributed by atoms with Crippen molar-refractivity contribution in [2.24, 2.45) is 5.92 Å². The second-order valence-electron chi connectivity index (χ2n) is 10.1. The van der Waals surface area contributed by atoms with Crippen molar-refractivity contribution in [3.8, 4) is 0 Å². The van der Waals surface area contributed by atoms with E-state index in [2.05, 4.69) is 18.7 Å². The second kappa shape index (κ2) is 21.2. The largest absolute Gasteiger partial charge is 0.303 e. The van der Waals surface area contributed by atoms with Gasteiger partial charge < -0.3 is 4.90 Å². The lowest BCUT2D eigenvalue weighted by Crippen LogP contribution is -2.30. The molecule has 0 aliphatic heterocycles. The van der Waals surface area contributed by atoms with Gasteiger partial charge in [-0.1, -0.05) is 129 Å². The Morgan fingerprint density at radius 1 is 0.483 bits per heavy atom. The summed E-state index contributed by atoms with van der Waals surface area (Å²) in [5.74, 6) is 1.02. The molecule has 0 aromatic carbocycles. The van der Waals surface area contributed by atoms with Crippen molar-refractivity contribution in [3.63, 3.8) is 0 Å². The zero-order chi connectivity index (χ0) is 20.8. The summed E-state index contributed by atoms with van der Waals surface area (Å²) in [6.07, 6.45) is 32.2. The molecule has 1 rings (SSSR count). The summed E-state index contributed by atoms with van der Waals surface area (Å²) in [7, 11) is 0. The lowest BCUT2D eigenvalue weighted by molar-refractivity contribution is 0.222. The third-order valence-electron chi connectivity index (χ3n) is 7.15. The zero-order valence-corrected chi connectivity index (χ0v) is 20.7. The van der Waals surface area contributed by atoms with Gasteiger partial charge in [0.05, 0.1) is 0 Å². The zero-order valence-electron chi connectivity index (χ0n) is 20.7. The SMILES string of the molecule is CCCCCCCCCCCN(CCCCCCCCCCC)CC1CCCC1. The summed E-state index contributed by atoms with van der Waals surface area (Å²) in [4.78, 5) is 2.86. The van der Waals surface area contributed by atoms with Gasteiger partial charge in [-0.15, -0.1) is 0 Å². The van der Waals surface area contributed by atoms with Crippen LogP contribution in [0, 0.1) is 5.92 Å². The van der Waals surface area contributed by atoms with E-state index in [0.717, 1.165) is 5.92 Å². The maximum Gasteiger partial charge on any atom is 0.000965 e. The lowest BCUT2D eigenvalue weighted by Gasteiger charge is -2.25. The average molecular weight is 408 g/mol. The Morgan fingerprint density at radius 3 is 1.21 bits per heavy atom.